The number of fused-ring (bicyclic) bond motifs is 1. The molecule has 9 heteroatoms. The molecule has 0 saturated carbocycles. The third-order valence-corrected chi connectivity index (χ3v) is 6.58. The van der Waals surface area contributed by atoms with Crippen molar-refractivity contribution in [2.45, 2.75) is 36.7 Å². The van der Waals surface area contributed by atoms with Gasteiger partial charge in [-0.25, -0.2) is 9.11 Å². The van der Waals surface area contributed by atoms with E-state index in [0.29, 0.717) is 36.2 Å². The Kier molecular flexibility index (Phi) is 5.10. The molecule has 1 aromatic heterocycles. The number of nitrogens with zero attached hydrogens (tertiary/aromatic N) is 2. The molecule has 1 fully saturated rings. The van der Waals surface area contributed by atoms with E-state index in [1.165, 1.54) is 24.1 Å². The number of ether oxygens (including phenoxy) is 1. The summed E-state index contributed by atoms with van der Waals surface area (Å²) in [4.78, 5) is 13.8. The first-order valence-corrected chi connectivity index (χ1v) is 10.0. The van der Waals surface area contributed by atoms with Crippen LogP contribution in [0.3, 0.4) is 0 Å². The van der Waals surface area contributed by atoms with Crippen molar-refractivity contribution in [3.05, 3.63) is 46.0 Å². The Labute approximate surface area is 171 Å². The van der Waals surface area contributed by atoms with Gasteiger partial charge < -0.3 is 14.6 Å². The minimum Gasteiger partial charge on any atom is -0.377 e. The summed E-state index contributed by atoms with van der Waals surface area (Å²) < 4.78 is 24.1. The van der Waals surface area contributed by atoms with Gasteiger partial charge in [0, 0.05) is 17.9 Å². The zero-order chi connectivity index (χ0) is 19.9. The molecular weight excluding hydrogens is 403 g/mol. The Morgan fingerprint density at radius 1 is 1.46 bits per heavy atom. The maximum Gasteiger partial charge on any atom is 0.273 e. The Bertz CT molecular complexity index is 997. The molecule has 2 aromatic rings. The first-order chi connectivity index (χ1) is 13.4. The minimum atomic E-state index is -0.625. The molecule has 0 atom stereocenters. The van der Waals surface area contributed by atoms with Crippen molar-refractivity contribution < 1.29 is 13.9 Å². The van der Waals surface area contributed by atoms with E-state index in [1.54, 1.807) is 6.07 Å². The first-order valence-electron chi connectivity index (χ1n) is 8.85. The quantitative estimate of drug-likeness (QED) is 0.720. The topological polar surface area (TPSA) is 79.1 Å². The molecule has 2 aliphatic rings. The van der Waals surface area contributed by atoms with Gasteiger partial charge in [-0.2, -0.15) is 5.26 Å². The van der Waals surface area contributed by atoms with Crippen molar-refractivity contribution in [2.75, 3.05) is 18.5 Å². The summed E-state index contributed by atoms with van der Waals surface area (Å²) in [6, 6.07) is 5.66. The van der Waals surface area contributed by atoms with Crippen molar-refractivity contribution in [1.29, 1.82) is 5.26 Å². The molecule has 2 aliphatic heterocycles. The van der Waals surface area contributed by atoms with Crippen LogP contribution in [0, 0.1) is 17.1 Å². The van der Waals surface area contributed by atoms with Crippen molar-refractivity contribution >= 4 is 35.1 Å². The Balaban J connectivity index is 1.60. The molecule has 1 saturated heterocycles. The highest BCUT2D eigenvalue weighted by Gasteiger charge is 2.35. The highest BCUT2D eigenvalue weighted by atomic mass is 35.5. The van der Waals surface area contributed by atoms with E-state index >= 15 is 0 Å². The number of nitriles is 1. The molecule has 0 radical (unpaired) electrons. The molecule has 0 unspecified atom stereocenters. The lowest BCUT2D eigenvalue weighted by molar-refractivity contribution is -0.0510. The van der Waals surface area contributed by atoms with E-state index in [0.717, 1.165) is 29.5 Å². The van der Waals surface area contributed by atoms with Gasteiger partial charge in [0.15, 0.2) is 0 Å². The highest BCUT2D eigenvalue weighted by molar-refractivity contribution is 7.97. The van der Waals surface area contributed by atoms with Crippen LogP contribution in [0.15, 0.2) is 23.1 Å². The summed E-state index contributed by atoms with van der Waals surface area (Å²) in [6.07, 6.45) is 1.79. The predicted molar refractivity (Wildman–Crippen MR) is 105 cm³/mol. The summed E-state index contributed by atoms with van der Waals surface area (Å²) in [5.41, 5.74) is 1.54. The zero-order valence-corrected chi connectivity index (χ0v) is 16.7. The van der Waals surface area contributed by atoms with Gasteiger partial charge in [0.2, 0.25) is 0 Å². The second-order valence-electron chi connectivity index (χ2n) is 7.21. The molecule has 1 amide bonds. The monoisotopic (exact) mass is 420 g/mol. The zero-order valence-electron chi connectivity index (χ0n) is 15.1. The summed E-state index contributed by atoms with van der Waals surface area (Å²) in [5, 5.41) is 12.1. The van der Waals surface area contributed by atoms with Gasteiger partial charge in [-0.05, 0) is 49.9 Å². The van der Waals surface area contributed by atoms with Crippen molar-refractivity contribution in [3.63, 3.8) is 0 Å². The van der Waals surface area contributed by atoms with Crippen LogP contribution in [-0.2, 0) is 17.7 Å². The van der Waals surface area contributed by atoms with Gasteiger partial charge in [0.05, 0.1) is 34.2 Å². The summed E-state index contributed by atoms with van der Waals surface area (Å²) in [5.74, 6) is -1.01. The number of amides is 1. The lowest BCUT2D eigenvalue weighted by atomic mass is 10.0. The summed E-state index contributed by atoms with van der Waals surface area (Å²) in [7, 11) is 0. The maximum absolute atomic E-state index is 13.5. The Morgan fingerprint density at radius 2 is 2.25 bits per heavy atom. The number of hydrogen-bond donors (Lipinski definition) is 2. The van der Waals surface area contributed by atoms with Gasteiger partial charge in [0.25, 0.3) is 5.91 Å². The van der Waals surface area contributed by atoms with Crippen LogP contribution in [0.2, 0.25) is 5.02 Å². The number of aromatic nitrogens is 1. The van der Waals surface area contributed by atoms with E-state index in [4.69, 9.17) is 21.6 Å². The van der Waals surface area contributed by atoms with Gasteiger partial charge in [0.1, 0.15) is 17.6 Å². The number of benzene rings is 1. The molecule has 4 rings (SSSR count). The minimum absolute atomic E-state index is 0.106. The first kappa shape index (κ1) is 19.3. The third-order valence-electron chi connectivity index (χ3n) is 4.86. The smallest absolute Gasteiger partial charge is 0.273 e. The fourth-order valence-corrected chi connectivity index (χ4v) is 4.75. The largest absolute Gasteiger partial charge is 0.377 e. The molecule has 28 heavy (non-hydrogen) atoms. The van der Waals surface area contributed by atoms with Gasteiger partial charge >= 0.3 is 0 Å². The molecule has 0 bridgehead atoms. The second kappa shape index (κ2) is 7.41. The fourth-order valence-electron chi connectivity index (χ4n) is 3.36. The lowest BCUT2D eigenvalue weighted by Crippen LogP contribution is -2.55. The molecular formula is C19H18ClFN4O2S. The number of halogens is 2. The van der Waals surface area contributed by atoms with Gasteiger partial charge in [-0.3, -0.25) is 4.79 Å². The highest BCUT2D eigenvalue weighted by Crippen LogP contribution is 2.40. The molecule has 6 nitrogen and oxygen atoms in total. The van der Waals surface area contributed by atoms with Crippen molar-refractivity contribution in [3.8, 4) is 6.07 Å². The predicted octanol–water partition coefficient (Wildman–Crippen LogP) is 3.74. The average molecular weight is 421 g/mol. The maximum atomic E-state index is 13.5. The Hall–Kier alpha value is -2.05. The van der Waals surface area contributed by atoms with Crippen LogP contribution in [0.1, 0.15) is 35.1 Å². The van der Waals surface area contributed by atoms with Crippen LogP contribution in [0.25, 0.3) is 0 Å². The molecule has 3 heterocycles. The second-order valence-corrected chi connectivity index (χ2v) is 8.41. The van der Waals surface area contributed by atoms with E-state index in [9.17, 15) is 9.18 Å². The molecule has 146 valence electrons. The molecule has 1 aromatic carbocycles. The van der Waals surface area contributed by atoms with Crippen LogP contribution >= 0.6 is 23.5 Å². The van der Waals surface area contributed by atoms with Gasteiger partial charge in [-0.15, -0.1) is 0 Å². The third kappa shape index (κ3) is 3.40. The lowest BCUT2D eigenvalue weighted by Gasteiger charge is -2.38. The molecule has 0 aliphatic carbocycles. The number of nitrogens with one attached hydrogen (secondary N) is 2. The number of rotatable bonds is 5. The van der Waals surface area contributed by atoms with E-state index in [1.807, 2.05) is 4.57 Å². The van der Waals surface area contributed by atoms with Crippen LogP contribution < -0.4 is 10.0 Å². The number of carbonyl (C=O) groups is 1. The Morgan fingerprint density at radius 3 is 2.93 bits per heavy atom. The molecule has 2 N–H and O–H groups in total. The van der Waals surface area contributed by atoms with E-state index in [-0.39, 0.29) is 17.0 Å². The number of anilines is 1. The fraction of sp³-hybridized carbons (Fsp3) is 0.368. The van der Waals surface area contributed by atoms with Gasteiger partial charge in [-0.1, -0.05) is 11.6 Å². The van der Waals surface area contributed by atoms with Crippen LogP contribution in [0.5, 0.6) is 0 Å². The van der Waals surface area contributed by atoms with Crippen LogP contribution in [0.4, 0.5) is 10.1 Å². The standard InChI is InChI=1S/C19H18ClFN4O2S/c1-19(9-27-10-19)24-28-17-14-3-2-6-25(14)16(15(17)20)18(26)23-12-4-5-13(21)11(7-12)8-22/h4-5,7,24H,2-3,6,9-10H2,1H3,(H,23,26). The number of hydrogen-bond acceptors (Lipinski definition) is 5. The summed E-state index contributed by atoms with van der Waals surface area (Å²) in [6.45, 7) is 4.05. The normalized spacial score (nSPS) is 16.9. The van der Waals surface area contributed by atoms with Crippen LogP contribution in [-0.4, -0.2) is 29.2 Å². The average Bonchev–Trinajstić information content (AvgIpc) is 3.20. The number of carbonyl (C=O) groups excluding carboxylic acids is 1. The SMILES string of the molecule is CC1(NSc2c(Cl)c(C(=O)Nc3ccc(F)c(C#N)c3)n3c2CCC3)COC1. The van der Waals surface area contributed by atoms with E-state index in [2.05, 4.69) is 17.0 Å². The molecule has 0 spiro atoms. The summed E-state index contributed by atoms with van der Waals surface area (Å²) >= 11 is 8.03. The van der Waals surface area contributed by atoms with Crippen molar-refractivity contribution in [2.24, 2.45) is 0 Å². The van der Waals surface area contributed by atoms with Crippen molar-refractivity contribution in [1.82, 2.24) is 9.29 Å². The van der Waals surface area contributed by atoms with E-state index < -0.39 is 5.82 Å².